The minimum atomic E-state index is -0.143. The van der Waals surface area contributed by atoms with Crippen LogP contribution in [0.2, 0.25) is 0 Å². The number of fused-ring (bicyclic) bond motifs is 4. The molecule has 0 bridgehead atoms. The SMILES string of the molecule is C[C@H]1CCc2c(sc3nc(CN(C)Cc4nc5ccccc5c(=O)[nH]4)[nH]c(=O)c23)C1. The highest BCUT2D eigenvalue weighted by Crippen LogP contribution is 2.35. The van der Waals surface area contributed by atoms with Crippen LogP contribution >= 0.6 is 11.3 Å². The van der Waals surface area contributed by atoms with Crippen molar-refractivity contribution in [3.63, 3.8) is 0 Å². The van der Waals surface area contributed by atoms with E-state index in [0.717, 1.165) is 29.5 Å². The van der Waals surface area contributed by atoms with Gasteiger partial charge in [0.2, 0.25) is 0 Å². The lowest BCUT2D eigenvalue weighted by Crippen LogP contribution is -2.24. The first kappa shape index (κ1) is 19.1. The molecule has 0 unspecified atom stereocenters. The first-order chi connectivity index (χ1) is 14.5. The van der Waals surface area contributed by atoms with Crippen LogP contribution in [0.1, 0.15) is 35.4 Å². The van der Waals surface area contributed by atoms with Gasteiger partial charge in [-0.25, -0.2) is 9.97 Å². The van der Waals surface area contributed by atoms with Gasteiger partial charge in [-0.15, -0.1) is 11.3 Å². The van der Waals surface area contributed by atoms with Crippen molar-refractivity contribution in [3.05, 3.63) is 67.1 Å². The number of thiophene rings is 1. The Morgan fingerprint density at radius 3 is 2.67 bits per heavy atom. The standard InChI is InChI=1S/C22H23N5O2S/c1-12-7-8-14-16(9-12)30-22-19(14)21(29)25-18(26-22)11-27(2)10-17-23-15-6-4-3-5-13(15)20(28)24-17/h3-6,12H,7-11H2,1-2H3,(H,23,24,28)(H,25,26,29)/t12-/m0/s1. The quantitative estimate of drug-likeness (QED) is 0.528. The van der Waals surface area contributed by atoms with Gasteiger partial charge in [0.25, 0.3) is 11.1 Å². The van der Waals surface area contributed by atoms with Gasteiger partial charge in [0.1, 0.15) is 16.5 Å². The number of aryl methyl sites for hydroxylation is 1. The number of aromatic nitrogens is 4. The van der Waals surface area contributed by atoms with Crippen LogP contribution in [0.4, 0.5) is 0 Å². The number of nitrogens with one attached hydrogen (secondary N) is 2. The lowest BCUT2D eigenvalue weighted by molar-refractivity contribution is 0.303. The molecule has 5 rings (SSSR count). The largest absolute Gasteiger partial charge is 0.309 e. The topological polar surface area (TPSA) is 94.7 Å². The molecule has 0 aliphatic heterocycles. The summed E-state index contributed by atoms with van der Waals surface area (Å²) < 4.78 is 0. The maximum Gasteiger partial charge on any atom is 0.259 e. The fourth-order valence-electron chi connectivity index (χ4n) is 4.25. The van der Waals surface area contributed by atoms with Gasteiger partial charge in [-0.3, -0.25) is 14.5 Å². The van der Waals surface area contributed by atoms with E-state index in [1.807, 2.05) is 30.1 Å². The van der Waals surface area contributed by atoms with E-state index in [9.17, 15) is 9.59 Å². The Balaban J connectivity index is 1.40. The van der Waals surface area contributed by atoms with Gasteiger partial charge in [0.15, 0.2) is 0 Å². The average molecular weight is 422 g/mol. The summed E-state index contributed by atoms with van der Waals surface area (Å²) in [7, 11) is 1.92. The molecule has 0 amide bonds. The number of nitrogens with zero attached hydrogens (tertiary/aromatic N) is 3. The predicted octanol–water partition coefficient (Wildman–Crippen LogP) is 2.98. The molecule has 30 heavy (non-hydrogen) atoms. The number of para-hydroxylation sites is 1. The summed E-state index contributed by atoms with van der Waals surface area (Å²) in [4.78, 5) is 44.3. The van der Waals surface area contributed by atoms with Gasteiger partial charge in [-0.1, -0.05) is 19.1 Å². The summed E-state index contributed by atoms with van der Waals surface area (Å²) in [6, 6.07) is 7.29. The molecule has 0 saturated carbocycles. The second-order valence-corrected chi connectivity index (χ2v) is 9.33. The smallest absolute Gasteiger partial charge is 0.259 e. The van der Waals surface area contributed by atoms with Gasteiger partial charge in [0, 0.05) is 4.88 Å². The molecule has 154 valence electrons. The number of benzene rings is 1. The second kappa shape index (κ2) is 7.45. The van der Waals surface area contributed by atoms with E-state index in [1.165, 1.54) is 10.4 Å². The lowest BCUT2D eigenvalue weighted by atomic mass is 9.89. The van der Waals surface area contributed by atoms with Crippen molar-refractivity contribution in [2.24, 2.45) is 5.92 Å². The van der Waals surface area contributed by atoms with Crippen LogP contribution in [-0.4, -0.2) is 31.9 Å². The van der Waals surface area contributed by atoms with Crippen molar-refractivity contribution < 1.29 is 0 Å². The minimum Gasteiger partial charge on any atom is -0.309 e. The monoisotopic (exact) mass is 421 g/mol. The predicted molar refractivity (Wildman–Crippen MR) is 119 cm³/mol. The molecule has 1 aromatic carbocycles. The van der Waals surface area contributed by atoms with Crippen LogP contribution in [0.25, 0.3) is 21.1 Å². The first-order valence-electron chi connectivity index (χ1n) is 10.2. The first-order valence-corrected chi connectivity index (χ1v) is 11.0. The lowest BCUT2D eigenvalue weighted by Gasteiger charge is -2.17. The summed E-state index contributed by atoms with van der Waals surface area (Å²) >= 11 is 1.66. The van der Waals surface area contributed by atoms with Gasteiger partial charge in [-0.05, 0) is 49.9 Å². The molecule has 0 saturated heterocycles. The van der Waals surface area contributed by atoms with E-state index in [4.69, 9.17) is 4.98 Å². The molecular weight excluding hydrogens is 398 g/mol. The van der Waals surface area contributed by atoms with Crippen LogP contribution in [0.15, 0.2) is 33.9 Å². The number of hydrogen-bond acceptors (Lipinski definition) is 6. The number of rotatable bonds is 4. The van der Waals surface area contributed by atoms with Crippen molar-refractivity contribution in [2.45, 2.75) is 39.3 Å². The average Bonchev–Trinajstić information content (AvgIpc) is 3.05. The third-order valence-electron chi connectivity index (χ3n) is 5.72. The van der Waals surface area contributed by atoms with E-state index >= 15 is 0 Å². The van der Waals surface area contributed by atoms with Gasteiger partial charge in [-0.2, -0.15) is 0 Å². The molecule has 8 heteroatoms. The molecule has 3 aromatic heterocycles. The van der Waals surface area contributed by atoms with Gasteiger partial charge in [0.05, 0.1) is 29.4 Å². The van der Waals surface area contributed by atoms with Crippen LogP contribution in [0.5, 0.6) is 0 Å². The summed E-state index contributed by atoms with van der Waals surface area (Å²) in [5.74, 6) is 1.88. The Bertz CT molecular complexity index is 1370. The maximum atomic E-state index is 12.8. The Morgan fingerprint density at radius 2 is 1.83 bits per heavy atom. The zero-order valence-corrected chi connectivity index (χ0v) is 17.8. The highest BCUT2D eigenvalue weighted by Gasteiger charge is 2.23. The Hall–Kier alpha value is -2.84. The van der Waals surface area contributed by atoms with E-state index in [-0.39, 0.29) is 11.1 Å². The molecule has 3 heterocycles. The highest BCUT2D eigenvalue weighted by atomic mass is 32.1. The fraction of sp³-hybridized carbons (Fsp3) is 0.364. The molecule has 4 aromatic rings. The zero-order chi connectivity index (χ0) is 20.8. The van der Waals surface area contributed by atoms with Crippen LogP contribution in [0, 0.1) is 5.92 Å². The Labute approximate surface area is 176 Å². The number of aromatic amines is 2. The van der Waals surface area contributed by atoms with Crippen molar-refractivity contribution in [1.82, 2.24) is 24.8 Å². The van der Waals surface area contributed by atoms with Gasteiger partial charge >= 0.3 is 0 Å². The van der Waals surface area contributed by atoms with E-state index < -0.39 is 0 Å². The molecule has 0 radical (unpaired) electrons. The fourth-order valence-corrected chi connectivity index (χ4v) is 5.65. The molecule has 0 fully saturated rings. The maximum absolute atomic E-state index is 12.8. The normalized spacial score (nSPS) is 16.4. The van der Waals surface area contributed by atoms with Crippen LogP contribution < -0.4 is 11.1 Å². The molecule has 7 nitrogen and oxygen atoms in total. The van der Waals surface area contributed by atoms with E-state index in [0.29, 0.717) is 41.6 Å². The van der Waals surface area contributed by atoms with E-state index in [2.05, 4.69) is 21.9 Å². The number of hydrogen-bond donors (Lipinski definition) is 2. The molecule has 1 aliphatic rings. The van der Waals surface area contributed by atoms with Crippen molar-refractivity contribution in [3.8, 4) is 0 Å². The molecule has 1 atom stereocenters. The Morgan fingerprint density at radius 1 is 1.10 bits per heavy atom. The third-order valence-corrected chi connectivity index (χ3v) is 6.86. The minimum absolute atomic E-state index is 0.0484. The summed E-state index contributed by atoms with van der Waals surface area (Å²) in [5.41, 5.74) is 1.68. The summed E-state index contributed by atoms with van der Waals surface area (Å²) in [6.45, 7) is 3.16. The van der Waals surface area contributed by atoms with Crippen molar-refractivity contribution in [1.29, 1.82) is 0 Å². The van der Waals surface area contributed by atoms with Crippen molar-refractivity contribution >= 4 is 32.5 Å². The summed E-state index contributed by atoms with van der Waals surface area (Å²) in [5, 5.41) is 1.35. The molecule has 0 spiro atoms. The second-order valence-electron chi connectivity index (χ2n) is 8.25. The molecule has 1 aliphatic carbocycles. The van der Waals surface area contributed by atoms with E-state index in [1.54, 1.807) is 17.4 Å². The third kappa shape index (κ3) is 3.46. The van der Waals surface area contributed by atoms with Crippen LogP contribution in [-0.2, 0) is 25.9 Å². The number of H-pyrrole nitrogens is 2. The highest BCUT2D eigenvalue weighted by molar-refractivity contribution is 7.18. The summed E-state index contributed by atoms with van der Waals surface area (Å²) in [6.07, 6.45) is 3.12. The Kier molecular flexibility index (Phi) is 4.75. The van der Waals surface area contributed by atoms with Crippen LogP contribution in [0.3, 0.4) is 0 Å². The van der Waals surface area contributed by atoms with Gasteiger partial charge < -0.3 is 9.97 Å². The molecular formula is C22H23N5O2S. The molecule has 2 N–H and O–H groups in total. The van der Waals surface area contributed by atoms with Crippen molar-refractivity contribution in [2.75, 3.05) is 7.05 Å². The zero-order valence-electron chi connectivity index (χ0n) is 17.0.